The van der Waals surface area contributed by atoms with E-state index in [0.29, 0.717) is 23.9 Å². The zero-order valence-corrected chi connectivity index (χ0v) is 19.3. The summed E-state index contributed by atoms with van der Waals surface area (Å²) in [4.78, 5) is 31.1. The van der Waals surface area contributed by atoms with Crippen molar-refractivity contribution in [3.8, 4) is 0 Å². The molecule has 1 aliphatic heterocycles. The van der Waals surface area contributed by atoms with E-state index in [9.17, 15) is 9.59 Å². The van der Waals surface area contributed by atoms with Crippen LogP contribution in [0.2, 0.25) is 0 Å². The Morgan fingerprint density at radius 2 is 1.69 bits per heavy atom. The fourth-order valence-corrected chi connectivity index (χ4v) is 4.34. The molecule has 7 heteroatoms. The molecule has 4 rings (SSSR count). The number of rotatable bonds is 6. The highest BCUT2D eigenvalue weighted by Gasteiger charge is 2.36. The zero-order valence-electron chi connectivity index (χ0n) is 18.5. The molecule has 1 saturated heterocycles. The lowest BCUT2D eigenvalue weighted by Gasteiger charge is -2.19. The van der Waals surface area contributed by atoms with Crippen molar-refractivity contribution in [1.29, 1.82) is 0 Å². The zero-order chi connectivity index (χ0) is 22.8. The molecule has 1 aromatic heterocycles. The first-order valence-electron chi connectivity index (χ1n) is 10.7. The predicted molar refractivity (Wildman–Crippen MR) is 132 cm³/mol. The van der Waals surface area contributed by atoms with E-state index in [1.54, 1.807) is 16.8 Å². The van der Waals surface area contributed by atoms with Crippen molar-refractivity contribution in [3.05, 3.63) is 72.1 Å². The minimum atomic E-state index is -0.167. The van der Waals surface area contributed by atoms with Crippen LogP contribution in [0.5, 0.6) is 0 Å². The van der Waals surface area contributed by atoms with E-state index < -0.39 is 0 Å². The molecule has 1 aliphatic rings. The van der Waals surface area contributed by atoms with Gasteiger partial charge in [-0.05, 0) is 50.3 Å². The first-order valence-corrected chi connectivity index (χ1v) is 11.1. The van der Waals surface area contributed by atoms with Crippen LogP contribution in [0, 0.1) is 0 Å². The average Bonchev–Trinajstić information content (AvgIpc) is 3.25. The van der Waals surface area contributed by atoms with Crippen molar-refractivity contribution in [2.24, 2.45) is 0 Å². The Labute approximate surface area is 193 Å². The van der Waals surface area contributed by atoms with E-state index in [1.807, 2.05) is 90.2 Å². The Hall–Kier alpha value is -3.45. The van der Waals surface area contributed by atoms with Crippen molar-refractivity contribution in [1.82, 2.24) is 14.4 Å². The van der Waals surface area contributed by atoms with E-state index in [0.717, 1.165) is 22.2 Å². The van der Waals surface area contributed by atoms with Crippen LogP contribution >= 0.6 is 12.2 Å². The lowest BCUT2D eigenvalue weighted by atomic mass is 10.1. The van der Waals surface area contributed by atoms with Crippen molar-refractivity contribution < 1.29 is 9.59 Å². The molecule has 2 amide bonds. The number of carbonyl (C=O) groups is 2. The van der Waals surface area contributed by atoms with Gasteiger partial charge in [-0.1, -0.05) is 36.4 Å². The molecule has 1 fully saturated rings. The van der Waals surface area contributed by atoms with Gasteiger partial charge < -0.3 is 14.4 Å². The van der Waals surface area contributed by atoms with Gasteiger partial charge in [-0.2, -0.15) is 0 Å². The number of thiocarbonyl (C=S) groups is 1. The first kappa shape index (κ1) is 21.8. The number of amides is 2. The van der Waals surface area contributed by atoms with Crippen LogP contribution in [0.15, 0.2) is 66.5 Å². The van der Waals surface area contributed by atoms with Crippen LogP contribution in [-0.2, 0) is 16.1 Å². The van der Waals surface area contributed by atoms with E-state index in [2.05, 4.69) is 0 Å². The van der Waals surface area contributed by atoms with Gasteiger partial charge in [-0.3, -0.25) is 14.5 Å². The van der Waals surface area contributed by atoms with Crippen LogP contribution in [0.25, 0.3) is 17.0 Å². The van der Waals surface area contributed by atoms with Gasteiger partial charge in [-0.15, -0.1) is 0 Å². The third-order valence-corrected chi connectivity index (χ3v) is 6.27. The minimum Gasteiger partial charge on any atom is -0.342 e. The number of hydrogen-bond donors (Lipinski definition) is 0. The van der Waals surface area contributed by atoms with Crippen LogP contribution in [0.4, 0.5) is 5.69 Å². The number of hydrogen-bond acceptors (Lipinski definition) is 3. The number of nitrogens with zero attached hydrogens (tertiary/aromatic N) is 4. The summed E-state index contributed by atoms with van der Waals surface area (Å²) in [5.74, 6) is -0.0970. The molecule has 0 unspecified atom stereocenters. The number of para-hydroxylation sites is 2. The second-order valence-electron chi connectivity index (χ2n) is 7.64. The summed E-state index contributed by atoms with van der Waals surface area (Å²) in [7, 11) is 1.80. The van der Waals surface area contributed by atoms with Crippen molar-refractivity contribution >= 4 is 51.8 Å². The van der Waals surface area contributed by atoms with Gasteiger partial charge in [0.2, 0.25) is 5.91 Å². The fourth-order valence-electron chi connectivity index (χ4n) is 4.05. The third kappa shape index (κ3) is 3.80. The minimum absolute atomic E-state index is 0.0699. The number of fused-ring (bicyclic) bond motifs is 1. The summed E-state index contributed by atoms with van der Waals surface area (Å²) in [6.45, 7) is 5.57. The van der Waals surface area contributed by atoms with Gasteiger partial charge in [0.05, 0.1) is 5.69 Å². The average molecular weight is 447 g/mol. The number of aromatic nitrogens is 1. The molecule has 0 atom stereocenters. The van der Waals surface area contributed by atoms with Gasteiger partial charge in [0.15, 0.2) is 5.11 Å². The molecule has 0 aliphatic carbocycles. The molecule has 0 N–H and O–H groups in total. The van der Waals surface area contributed by atoms with Crippen molar-refractivity contribution in [3.63, 3.8) is 0 Å². The number of benzene rings is 2. The standard InChI is InChI=1S/C25H26N4O2S/c1-4-27(5-2)23(30)17-28-16-18(20-13-9-10-14-21(20)28)15-22-24(31)29(25(32)26(22)3)19-11-7-6-8-12-19/h6-16H,4-5,17H2,1-3H3/b22-15-. The maximum absolute atomic E-state index is 13.3. The van der Waals surface area contributed by atoms with Gasteiger partial charge in [0, 0.05) is 42.8 Å². The lowest BCUT2D eigenvalue weighted by molar-refractivity contribution is -0.131. The van der Waals surface area contributed by atoms with Crippen LogP contribution in [0.1, 0.15) is 19.4 Å². The SMILES string of the molecule is CCN(CC)C(=O)Cn1cc(/C=C2/C(=O)N(c3ccccc3)C(=S)N2C)c2ccccc21. The van der Waals surface area contributed by atoms with Crippen molar-refractivity contribution in [2.75, 3.05) is 25.0 Å². The highest BCUT2D eigenvalue weighted by atomic mass is 32.1. The molecule has 0 radical (unpaired) electrons. The Morgan fingerprint density at radius 1 is 1.03 bits per heavy atom. The number of anilines is 1. The van der Waals surface area contributed by atoms with Gasteiger partial charge in [0.25, 0.3) is 5.91 Å². The molecule has 0 saturated carbocycles. The molecule has 6 nitrogen and oxygen atoms in total. The predicted octanol–water partition coefficient (Wildman–Crippen LogP) is 4.11. The molecule has 0 bridgehead atoms. The summed E-state index contributed by atoms with van der Waals surface area (Å²) in [6.07, 6.45) is 3.80. The molecule has 32 heavy (non-hydrogen) atoms. The van der Waals surface area contributed by atoms with Crippen LogP contribution < -0.4 is 4.90 Å². The van der Waals surface area contributed by atoms with Gasteiger partial charge in [-0.25, -0.2) is 0 Å². The van der Waals surface area contributed by atoms with Crippen LogP contribution in [0.3, 0.4) is 0 Å². The van der Waals surface area contributed by atoms with Crippen LogP contribution in [-0.4, -0.2) is 51.4 Å². The van der Waals surface area contributed by atoms with Gasteiger partial charge in [0.1, 0.15) is 12.2 Å². The second-order valence-corrected chi connectivity index (χ2v) is 8.01. The quantitative estimate of drug-likeness (QED) is 0.422. The highest BCUT2D eigenvalue weighted by Crippen LogP contribution is 2.30. The fraction of sp³-hybridized carbons (Fsp3) is 0.240. The molecule has 3 aromatic rings. The van der Waals surface area contributed by atoms with Gasteiger partial charge >= 0.3 is 0 Å². The summed E-state index contributed by atoms with van der Waals surface area (Å²) in [6, 6.07) is 17.3. The molecule has 2 heterocycles. The molecule has 164 valence electrons. The third-order valence-electron chi connectivity index (χ3n) is 5.81. The monoisotopic (exact) mass is 446 g/mol. The maximum Gasteiger partial charge on any atom is 0.281 e. The van der Waals surface area contributed by atoms with E-state index in [1.165, 1.54) is 0 Å². The Kier molecular flexibility index (Phi) is 6.10. The molecular formula is C25H26N4O2S. The summed E-state index contributed by atoms with van der Waals surface area (Å²) >= 11 is 5.56. The number of carbonyl (C=O) groups excluding carboxylic acids is 2. The smallest absolute Gasteiger partial charge is 0.281 e. The topological polar surface area (TPSA) is 48.8 Å². The highest BCUT2D eigenvalue weighted by molar-refractivity contribution is 7.80. The Balaban J connectivity index is 1.73. The Bertz CT molecular complexity index is 1210. The van der Waals surface area contributed by atoms with E-state index >= 15 is 0 Å². The second kappa shape index (κ2) is 8.96. The number of likely N-dealkylation sites (N-methyl/N-ethyl adjacent to an activating group) is 2. The van der Waals surface area contributed by atoms with E-state index in [4.69, 9.17) is 12.2 Å². The molecular weight excluding hydrogens is 420 g/mol. The van der Waals surface area contributed by atoms with Crippen molar-refractivity contribution in [2.45, 2.75) is 20.4 Å². The lowest BCUT2D eigenvalue weighted by Crippen LogP contribution is -2.33. The summed E-state index contributed by atoms with van der Waals surface area (Å²) in [5, 5.41) is 1.42. The largest absolute Gasteiger partial charge is 0.342 e. The summed E-state index contributed by atoms with van der Waals surface area (Å²) < 4.78 is 1.95. The molecule has 2 aromatic carbocycles. The Morgan fingerprint density at radius 3 is 2.38 bits per heavy atom. The molecule has 0 spiro atoms. The summed E-state index contributed by atoms with van der Waals surface area (Å²) in [5.41, 5.74) is 3.07. The normalized spacial score (nSPS) is 15.3. The first-order chi connectivity index (χ1) is 15.5. The maximum atomic E-state index is 13.3. The van der Waals surface area contributed by atoms with E-state index in [-0.39, 0.29) is 18.4 Å².